The van der Waals surface area contributed by atoms with Crippen LogP contribution in [0.4, 0.5) is 0 Å². The number of hydrogen-bond donors (Lipinski definition) is 0. The molecule has 0 spiro atoms. The van der Waals surface area contributed by atoms with E-state index in [2.05, 4.69) is 206 Å². The van der Waals surface area contributed by atoms with Gasteiger partial charge in [-0.15, -0.1) is 0 Å². The normalized spacial score (nSPS) is 15.2. The molecule has 4 aromatic rings. The van der Waals surface area contributed by atoms with Gasteiger partial charge in [0.05, 0.1) is 0 Å². The molecule has 274 valence electrons. The van der Waals surface area contributed by atoms with E-state index < -0.39 is 21.3 Å². The minimum Gasteiger partial charge on any atom is -1.00 e. The summed E-state index contributed by atoms with van der Waals surface area (Å²) in [6.07, 6.45) is 8.26. The maximum absolute atomic E-state index is 3.75. The van der Waals surface area contributed by atoms with Crippen LogP contribution in [-0.4, -0.2) is 3.21 Å². The van der Waals surface area contributed by atoms with Gasteiger partial charge in [-0.05, 0) is 0 Å². The van der Waals surface area contributed by atoms with Crippen LogP contribution in [-0.2, 0) is 42.9 Å². The molecule has 0 fully saturated rings. The Labute approximate surface area is 351 Å². The molecule has 0 bridgehead atoms. The van der Waals surface area contributed by atoms with E-state index in [0.717, 1.165) is 15.4 Å². The van der Waals surface area contributed by atoms with Crippen molar-refractivity contribution >= 4 is 35.1 Å². The largest absolute Gasteiger partial charge is 1.00 e. The van der Waals surface area contributed by atoms with Gasteiger partial charge in [0.1, 0.15) is 0 Å². The molecule has 4 aromatic carbocycles. The Kier molecular flexibility index (Phi) is 13.1. The van der Waals surface area contributed by atoms with E-state index in [4.69, 9.17) is 0 Å². The predicted octanol–water partition coefficient (Wildman–Crippen LogP) is 8.21. The van der Waals surface area contributed by atoms with E-state index in [0.29, 0.717) is 3.63 Å². The first-order valence-electron chi connectivity index (χ1n) is 18.2. The molecule has 0 heterocycles. The van der Waals surface area contributed by atoms with Gasteiger partial charge in [0.2, 0.25) is 0 Å². The van der Waals surface area contributed by atoms with Crippen molar-refractivity contribution in [2.75, 3.05) is 0 Å². The summed E-state index contributed by atoms with van der Waals surface area (Å²) < 4.78 is 5.84. The Bertz CT molecular complexity index is 2010. The van der Waals surface area contributed by atoms with Crippen LogP contribution in [0.1, 0.15) is 138 Å². The van der Waals surface area contributed by atoms with Crippen molar-refractivity contribution in [1.82, 2.24) is 0 Å². The average molecular weight is 941 g/mol. The van der Waals surface area contributed by atoms with Crippen LogP contribution >= 0.6 is 31.9 Å². The summed E-state index contributed by atoms with van der Waals surface area (Å²) in [4.78, 5) is 0. The predicted molar refractivity (Wildman–Crippen MR) is 222 cm³/mol. The van der Waals surface area contributed by atoms with Crippen molar-refractivity contribution in [2.45, 2.75) is 115 Å². The van der Waals surface area contributed by atoms with Gasteiger partial charge in [-0.1, -0.05) is 0 Å². The Morgan fingerprint density at radius 2 is 1.06 bits per heavy atom. The molecule has 0 aromatic heterocycles. The molecule has 0 aliphatic heterocycles. The fourth-order valence-electron chi connectivity index (χ4n) is 7.86. The summed E-state index contributed by atoms with van der Waals surface area (Å²) in [5, 5.41) is 0. The third kappa shape index (κ3) is 8.55. The van der Waals surface area contributed by atoms with Gasteiger partial charge in [-0.2, -0.15) is 0 Å². The van der Waals surface area contributed by atoms with E-state index in [-0.39, 0.29) is 46.5 Å². The summed E-state index contributed by atoms with van der Waals surface area (Å²) in [7, 11) is 0. The monoisotopic (exact) mass is 936 g/mol. The fraction of sp³-hybridized carbons (Fsp3) is 0.383. The molecule has 0 nitrogen and oxygen atoms in total. The summed E-state index contributed by atoms with van der Waals surface area (Å²) in [6.45, 7) is 28.8. The first-order valence-corrected chi connectivity index (χ1v) is 23.6. The van der Waals surface area contributed by atoms with E-state index in [9.17, 15) is 0 Å². The van der Waals surface area contributed by atoms with Crippen molar-refractivity contribution in [1.29, 1.82) is 0 Å². The van der Waals surface area contributed by atoms with Crippen LogP contribution in [0.2, 0.25) is 0 Å². The third-order valence-electron chi connectivity index (χ3n) is 10.5. The maximum atomic E-state index is 3.75. The molecular formula is C47H54Br2Cl2Zr. The van der Waals surface area contributed by atoms with Gasteiger partial charge < -0.3 is 24.8 Å². The number of rotatable bonds is 4. The Morgan fingerprint density at radius 3 is 1.48 bits per heavy atom. The molecule has 0 saturated heterocycles. The minimum atomic E-state index is -2.90. The van der Waals surface area contributed by atoms with Crippen LogP contribution in [0, 0.1) is 0 Å². The van der Waals surface area contributed by atoms with Crippen molar-refractivity contribution in [3.05, 3.63) is 148 Å². The van der Waals surface area contributed by atoms with Crippen LogP contribution < -0.4 is 24.8 Å². The SMILES string of the molecule is CC(C)(C)c1cc2c(c(C(C)(C)C)c1)-c1cc(C(C)(C)C)c(C(C)(C)C)cc1[CH]2[Zr+2]([C]1=CC=CC1)=[C](c1ccc(Br)cc1)c1ccc(Br)cc1.[Cl-].[Cl-]. The number of fused-ring (bicyclic) bond motifs is 3. The van der Waals surface area contributed by atoms with E-state index in [1.807, 2.05) is 0 Å². The van der Waals surface area contributed by atoms with Crippen molar-refractivity contribution in [3.8, 4) is 11.1 Å². The molecule has 2 aliphatic rings. The molecule has 2 aliphatic carbocycles. The number of allylic oxidation sites excluding steroid dienone is 4. The summed E-state index contributed by atoms with van der Waals surface area (Å²) in [5.41, 5.74) is 14.8. The van der Waals surface area contributed by atoms with Crippen LogP contribution in [0.25, 0.3) is 11.1 Å². The van der Waals surface area contributed by atoms with Crippen LogP contribution in [0.15, 0.2) is 103 Å². The van der Waals surface area contributed by atoms with Crippen LogP contribution in [0.5, 0.6) is 0 Å². The third-order valence-corrected chi connectivity index (χ3v) is 19.8. The quantitative estimate of drug-likeness (QED) is 0.194. The Hall–Kier alpha value is -1.35. The van der Waals surface area contributed by atoms with E-state index in [1.165, 1.54) is 44.5 Å². The van der Waals surface area contributed by atoms with Gasteiger partial charge in [-0.25, -0.2) is 0 Å². The maximum Gasteiger partial charge on any atom is -1.00 e. The summed E-state index contributed by atoms with van der Waals surface area (Å²) in [5.74, 6) is 0. The molecule has 6 rings (SSSR count). The number of benzene rings is 4. The zero-order chi connectivity index (χ0) is 36.6. The first kappa shape index (κ1) is 43.4. The van der Waals surface area contributed by atoms with Crippen molar-refractivity contribution in [2.24, 2.45) is 0 Å². The zero-order valence-corrected chi connectivity index (χ0v) is 40.1. The Balaban J connectivity index is 0.00000302. The second-order valence-corrected chi connectivity index (χ2v) is 26.6. The first-order chi connectivity index (χ1) is 23.2. The molecule has 1 unspecified atom stereocenters. The van der Waals surface area contributed by atoms with Crippen LogP contribution in [0.3, 0.4) is 0 Å². The summed E-state index contributed by atoms with van der Waals surface area (Å²) >= 11 is 4.61. The number of hydrogen-bond acceptors (Lipinski definition) is 0. The van der Waals surface area contributed by atoms with Gasteiger partial charge >= 0.3 is 330 Å². The molecule has 5 heteroatoms. The second kappa shape index (κ2) is 15.7. The van der Waals surface area contributed by atoms with Gasteiger partial charge in [0.25, 0.3) is 0 Å². The minimum absolute atomic E-state index is 0. The zero-order valence-electron chi connectivity index (χ0n) is 33.0. The molecule has 52 heavy (non-hydrogen) atoms. The molecule has 0 radical (unpaired) electrons. The van der Waals surface area contributed by atoms with Gasteiger partial charge in [0.15, 0.2) is 0 Å². The fourth-order valence-corrected chi connectivity index (χ4v) is 17.3. The molecule has 0 N–H and O–H groups in total. The standard InChI is InChI=1S/C29H41.C13H8Br2.C5H5.2ClH.Zr/c1-26(2,3)20-14-19-13-18-15-22(27(4,5)6)23(28(7,8)9)17-21(18)25(19)24(16-20)29(10,11)12;14-12-5-1-10(2-6-12)9-11-3-7-13(15)8-4-11;1-2-4-5-3-1;;;/h13-17H,1-12H3;1-8H;1-3H,4H2;2*1H;/q;;;;;+2/p-2. The smallest absolute Gasteiger partial charge is 1.00 e. The topological polar surface area (TPSA) is 0 Å². The molecular weight excluding hydrogens is 886 g/mol. The molecule has 1 atom stereocenters. The molecule has 0 amide bonds. The average Bonchev–Trinajstić information content (AvgIpc) is 3.65. The van der Waals surface area contributed by atoms with E-state index >= 15 is 0 Å². The summed E-state index contributed by atoms with van der Waals surface area (Å²) in [6, 6.07) is 28.9. The second-order valence-electron chi connectivity index (χ2n) is 18.5. The van der Waals surface area contributed by atoms with Crippen molar-refractivity contribution in [3.63, 3.8) is 0 Å². The van der Waals surface area contributed by atoms with Crippen molar-refractivity contribution < 1.29 is 46.1 Å². The Morgan fingerprint density at radius 1 is 0.577 bits per heavy atom. The number of halogens is 4. The van der Waals surface area contributed by atoms with Gasteiger partial charge in [-0.3, -0.25) is 0 Å². The van der Waals surface area contributed by atoms with Gasteiger partial charge in [0, 0.05) is 0 Å². The molecule has 0 saturated carbocycles. The van der Waals surface area contributed by atoms with E-state index in [1.54, 1.807) is 17.6 Å².